The van der Waals surface area contributed by atoms with E-state index in [1.807, 2.05) is 30.3 Å². The van der Waals surface area contributed by atoms with E-state index in [0.717, 1.165) is 5.56 Å². The first-order valence-corrected chi connectivity index (χ1v) is 9.91. The molecule has 0 bridgehead atoms. The number of hydrogen-bond acceptors (Lipinski definition) is 6. The normalized spacial score (nSPS) is 11.3. The molecule has 0 fully saturated rings. The molecule has 5 rings (SSSR count). The van der Waals surface area contributed by atoms with Crippen LogP contribution >= 0.6 is 0 Å². The van der Waals surface area contributed by atoms with Crippen molar-refractivity contribution in [3.8, 4) is 22.4 Å². The molecule has 0 saturated heterocycles. The Bertz CT molecular complexity index is 1580. The van der Waals surface area contributed by atoms with E-state index < -0.39 is 5.69 Å². The first-order chi connectivity index (χ1) is 15.4. The lowest BCUT2D eigenvalue weighted by molar-refractivity contribution is -0.351. The van der Waals surface area contributed by atoms with Crippen molar-refractivity contribution in [1.82, 2.24) is 23.9 Å². The average molecular weight is 430 g/mol. The maximum atomic E-state index is 13.2. The molecule has 1 aromatic carbocycles. The quantitative estimate of drug-likeness (QED) is 0.457. The van der Waals surface area contributed by atoms with Gasteiger partial charge in [0.25, 0.3) is 0 Å². The number of nitrogens with two attached hydrogens (primary N) is 1. The van der Waals surface area contributed by atoms with E-state index in [0.29, 0.717) is 33.9 Å². The van der Waals surface area contributed by atoms with E-state index in [-0.39, 0.29) is 18.1 Å². The van der Waals surface area contributed by atoms with Crippen molar-refractivity contribution in [1.29, 1.82) is 0 Å². The second-order valence-corrected chi connectivity index (χ2v) is 7.52. The second-order valence-electron chi connectivity index (χ2n) is 7.52. The van der Waals surface area contributed by atoms with Crippen molar-refractivity contribution >= 4 is 11.6 Å². The summed E-state index contributed by atoms with van der Waals surface area (Å²) in [6, 6.07) is 14.5. The monoisotopic (exact) mass is 430 g/mol. The largest absolute Gasteiger partial charge is 0.411 e. The number of anilines is 1. The number of hydrogen-bond donors (Lipinski definition) is 1. The number of H-pyrrole nitrogens is 1. The Morgan fingerprint density at radius 3 is 2.56 bits per heavy atom. The fraction of sp³-hybridized carbons (Fsp3) is 0.136. The lowest BCUT2D eigenvalue weighted by atomic mass is 10.0. The summed E-state index contributed by atoms with van der Waals surface area (Å²) in [6.07, 6.45) is 1.71. The van der Waals surface area contributed by atoms with Gasteiger partial charge in [-0.3, -0.25) is 10.5 Å². The van der Waals surface area contributed by atoms with Crippen molar-refractivity contribution in [3.63, 3.8) is 0 Å². The Kier molecular flexibility index (Phi) is 4.47. The molecule has 0 amide bonds. The number of fused-ring (bicyclic) bond motifs is 1. The van der Waals surface area contributed by atoms with Crippen LogP contribution in [0, 0.1) is 6.92 Å². The molecule has 10 heteroatoms. The molecule has 0 aliphatic rings. The zero-order valence-electron chi connectivity index (χ0n) is 17.4. The van der Waals surface area contributed by atoms with Gasteiger partial charge in [-0.15, -0.1) is 9.50 Å². The van der Waals surface area contributed by atoms with Crippen LogP contribution in [0.25, 0.3) is 28.0 Å². The maximum Gasteiger partial charge on any atom is 0.411 e. The van der Waals surface area contributed by atoms with Crippen LogP contribution in [0.4, 0.5) is 5.95 Å². The lowest BCUT2D eigenvalue weighted by Crippen LogP contribution is -2.28. The number of nitrogens with zero attached hydrogens (tertiary/aromatic N) is 5. The molecular weight excluding hydrogens is 410 g/mol. The number of rotatable bonds is 4. The van der Waals surface area contributed by atoms with Gasteiger partial charge >= 0.3 is 11.6 Å². The van der Waals surface area contributed by atoms with E-state index in [1.165, 1.54) is 19.7 Å². The smallest absolute Gasteiger partial charge is 0.361 e. The van der Waals surface area contributed by atoms with E-state index in [2.05, 4.69) is 15.2 Å². The number of aromatic nitrogens is 6. The zero-order chi connectivity index (χ0) is 22.4. The summed E-state index contributed by atoms with van der Waals surface area (Å²) in [5.74, 6) is 0.780. The van der Waals surface area contributed by atoms with Crippen molar-refractivity contribution in [2.45, 2.75) is 13.5 Å². The molecule has 0 radical (unpaired) electrons. The Labute approximate surface area is 181 Å². The van der Waals surface area contributed by atoms with Gasteiger partial charge in [-0.2, -0.15) is 4.68 Å². The van der Waals surface area contributed by atoms with E-state index in [4.69, 9.17) is 10.3 Å². The van der Waals surface area contributed by atoms with Gasteiger partial charge in [-0.25, -0.2) is 9.78 Å². The summed E-state index contributed by atoms with van der Waals surface area (Å²) in [4.78, 5) is 28.3. The van der Waals surface area contributed by atoms with Crippen LogP contribution in [0.3, 0.4) is 0 Å². The minimum atomic E-state index is -0.417. The number of pyridine rings is 1. The Morgan fingerprint density at radius 2 is 1.88 bits per heavy atom. The van der Waals surface area contributed by atoms with E-state index in [9.17, 15) is 9.59 Å². The number of aromatic amines is 1. The summed E-state index contributed by atoms with van der Waals surface area (Å²) in [7, 11) is 1.67. The predicted octanol–water partition coefficient (Wildman–Crippen LogP) is 1.27. The van der Waals surface area contributed by atoms with Gasteiger partial charge in [-0.05, 0) is 13.0 Å². The standard InChI is InChI=1S/C22H19N7O3/c1-13-10-16(26-32-13)12-28-22(31)29-20(25-28)18(15-8-9-17(30)27(2)11-15)19(24-21(29)23)14-6-4-3-5-7-14/h3-11H,12H2,1-2H3,(H2,23,24)/p+1. The highest BCUT2D eigenvalue weighted by Crippen LogP contribution is 2.31. The summed E-state index contributed by atoms with van der Waals surface area (Å²) in [6.45, 7) is 1.91. The number of nitrogens with one attached hydrogen (secondary N) is 1. The van der Waals surface area contributed by atoms with Crippen LogP contribution in [-0.2, 0) is 13.6 Å². The molecule has 0 spiro atoms. The number of aryl methyl sites for hydroxylation is 2. The summed E-state index contributed by atoms with van der Waals surface area (Å²) < 4.78 is 9.19. The van der Waals surface area contributed by atoms with Crippen LogP contribution in [0.5, 0.6) is 0 Å². The highest BCUT2D eigenvalue weighted by Gasteiger charge is 2.26. The molecule has 0 aliphatic heterocycles. The van der Waals surface area contributed by atoms with E-state index in [1.54, 1.807) is 32.3 Å². The number of nitrogen functional groups attached to an aromatic ring is 1. The van der Waals surface area contributed by atoms with Crippen LogP contribution in [0.2, 0.25) is 0 Å². The second kappa shape index (κ2) is 7.34. The SMILES string of the molecule is Cc1cc(Cn2nc3c(-c4ccc(=O)n(C)c4)c(-c4ccccc4)[nH+]c(N)n3c2=O)no1. The van der Waals surface area contributed by atoms with Crippen molar-refractivity contribution < 1.29 is 9.51 Å². The minimum Gasteiger partial charge on any atom is -0.361 e. The molecule has 0 unspecified atom stereocenters. The van der Waals surface area contributed by atoms with Gasteiger partial charge in [-0.1, -0.05) is 35.5 Å². The molecule has 5 aromatic rings. The Hall–Kier alpha value is -4.47. The van der Waals surface area contributed by atoms with Gasteiger partial charge in [0.05, 0.1) is 12.1 Å². The van der Waals surface area contributed by atoms with Crippen LogP contribution in [0.1, 0.15) is 11.5 Å². The summed E-state index contributed by atoms with van der Waals surface area (Å²) in [5, 5.41) is 8.54. The number of benzene rings is 1. The molecule has 4 aromatic heterocycles. The highest BCUT2D eigenvalue weighted by molar-refractivity contribution is 5.88. The van der Waals surface area contributed by atoms with Gasteiger partial charge < -0.3 is 9.09 Å². The van der Waals surface area contributed by atoms with Crippen molar-refractivity contribution in [2.24, 2.45) is 7.05 Å². The van der Waals surface area contributed by atoms with Gasteiger partial charge in [0.2, 0.25) is 11.2 Å². The lowest BCUT2D eigenvalue weighted by Gasteiger charge is -2.10. The first-order valence-electron chi connectivity index (χ1n) is 9.91. The Balaban J connectivity index is 1.83. The highest BCUT2D eigenvalue weighted by atomic mass is 16.5. The molecule has 3 N–H and O–H groups in total. The fourth-order valence-electron chi connectivity index (χ4n) is 3.73. The topological polar surface area (TPSA) is 127 Å². The predicted molar refractivity (Wildman–Crippen MR) is 117 cm³/mol. The Morgan fingerprint density at radius 1 is 1.09 bits per heavy atom. The molecule has 0 saturated carbocycles. The van der Waals surface area contributed by atoms with Crippen LogP contribution < -0.4 is 22.0 Å². The maximum absolute atomic E-state index is 13.2. The summed E-state index contributed by atoms with van der Waals surface area (Å²) in [5.41, 5.74) is 9.55. The van der Waals surface area contributed by atoms with Gasteiger partial charge in [0.15, 0.2) is 0 Å². The fourth-order valence-corrected chi connectivity index (χ4v) is 3.73. The zero-order valence-corrected chi connectivity index (χ0v) is 17.4. The molecule has 0 aliphatic carbocycles. The molecular formula is C22H20N7O3+. The average Bonchev–Trinajstić information content (AvgIpc) is 3.34. The first kappa shape index (κ1) is 19.5. The van der Waals surface area contributed by atoms with E-state index >= 15 is 0 Å². The molecule has 32 heavy (non-hydrogen) atoms. The third-order valence-electron chi connectivity index (χ3n) is 5.23. The molecule has 0 atom stereocenters. The molecule has 4 heterocycles. The molecule has 10 nitrogen and oxygen atoms in total. The third kappa shape index (κ3) is 3.18. The molecule has 160 valence electrons. The van der Waals surface area contributed by atoms with Crippen molar-refractivity contribution in [3.05, 3.63) is 87.0 Å². The van der Waals surface area contributed by atoms with Crippen LogP contribution in [0.15, 0.2) is 68.8 Å². The van der Waals surface area contributed by atoms with Gasteiger partial charge in [0.1, 0.15) is 17.1 Å². The minimum absolute atomic E-state index is 0.130. The summed E-state index contributed by atoms with van der Waals surface area (Å²) >= 11 is 0. The van der Waals surface area contributed by atoms with Crippen molar-refractivity contribution in [2.75, 3.05) is 5.73 Å². The van der Waals surface area contributed by atoms with Gasteiger partial charge in [0, 0.05) is 36.5 Å². The third-order valence-corrected chi connectivity index (χ3v) is 5.23. The van der Waals surface area contributed by atoms with Crippen LogP contribution in [-0.4, -0.2) is 23.9 Å².